The zero-order valence-corrected chi connectivity index (χ0v) is 76.0. The first-order valence-corrected chi connectivity index (χ1v) is 42.7. The van der Waals surface area contributed by atoms with Crippen LogP contribution in [0.1, 0.15) is 178 Å². The zero-order valence-electron chi connectivity index (χ0n) is 73.6. The van der Waals surface area contributed by atoms with E-state index in [1.807, 2.05) is 207 Å². The van der Waals surface area contributed by atoms with Gasteiger partial charge in [-0.05, 0) is 138 Å². The molecule has 7 unspecified atom stereocenters. The van der Waals surface area contributed by atoms with Crippen molar-refractivity contribution in [3.8, 4) is 0 Å². The van der Waals surface area contributed by atoms with Crippen molar-refractivity contribution in [2.45, 2.75) is 199 Å². The van der Waals surface area contributed by atoms with Crippen molar-refractivity contribution in [1.82, 2.24) is 20.9 Å². The third-order valence-electron chi connectivity index (χ3n) is 16.3. The van der Waals surface area contributed by atoms with E-state index >= 15 is 0 Å². The molecule has 33 heteroatoms. The normalized spacial score (nSPS) is 12.4. The van der Waals surface area contributed by atoms with Gasteiger partial charge in [-0.15, -0.1) is 0 Å². The van der Waals surface area contributed by atoms with Crippen molar-refractivity contribution in [3.63, 3.8) is 0 Å². The maximum absolute atomic E-state index is 11.8. The number of carboxylic acids is 6. The maximum Gasteiger partial charge on any atom is 0.407 e. The summed E-state index contributed by atoms with van der Waals surface area (Å²) in [5, 5.41) is 66.6. The third-order valence-corrected chi connectivity index (χ3v) is 19.2. The number of carbonyl (C=O) groups excluding carboxylic acids is 9. The summed E-state index contributed by atoms with van der Waals surface area (Å²) in [6.07, 6.45) is 3.63. The summed E-state index contributed by atoms with van der Waals surface area (Å²) >= 11 is 3.05. The lowest BCUT2D eigenvalue weighted by atomic mass is 9.93. The van der Waals surface area contributed by atoms with Gasteiger partial charge in [0.05, 0.1) is 42.2 Å². The lowest BCUT2D eigenvalue weighted by Gasteiger charge is -2.23. The Kier molecular flexibility index (Phi) is 60.1. The summed E-state index contributed by atoms with van der Waals surface area (Å²) in [7, 11) is 0. The number of thioether (sulfide) groups is 3. The molecule has 7 atom stereocenters. The fourth-order valence-electron chi connectivity index (χ4n) is 10.4. The number of nitrogens with one attached hydrogen (secondary N) is 2. The van der Waals surface area contributed by atoms with E-state index in [-0.39, 0.29) is 66.3 Å². The summed E-state index contributed by atoms with van der Waals surface area (Å²) in [6, 6.07) is 46.6. The molecule has 0 fully saturated rings. The lowest BCUT2D eigenvalue weighted by Crippen LogP contribution is -2.42. The number of hydrogen-bond donors (Lipinski definition) is 9. The van der Waals surface area contributed by atoms with Gasteiger partial charge < -0.3 is 45.4 Å². The van der Waals surface area contributed by atoms with Gasteiger partial charge in [-0.1, -0.05) is 242 Å². The van der Waals surface area contributed by atoms with Crippen LogP contribution in [0.2, 0.25) is 0 Å². The highest BCUT2D eigenvalue weighted by atomic mass is 32.2. The monoisotopic (exact) mass is 1780 g/mol. The number of esters is 1. The number of ketones is 1. The van der Waals surface area contributed by atoms with Crippen molar-refractivity contribution >= 4 is 123 Å². The van der Waals surface area contributed by atoms with Crippen LogP contribution in [0, 0.1) is 58.7 Å². The quantitative estimate of drug-likeness (QED) is 0.00575. The molecule has 0 aromatic heterocycles. The Hall–Kier alpha value is -10.3. The molecule has 0 bridgehead atoms. The maximum atomic E-state index is 11.8. The first-order chi connectivity index (χ1) is 57.5. The van der Waals surface area contributed by atoms with E-state index in [1.165, 1.54) is 20.8 Å². The third kappa shape index (κ3) is 61.6. The molecular formula is C90H128N4O26S3. The minimum Gasteiger partial charge on any atom is -0.481 e. The average Bonchev–Trinajstić information content (AvgIpc) is 0.884. The Morgan fingerprint density at radius 2 is 0.780 bits per heavy atom. The predicted octanol–water partition coefficient (Wildman–Crippen LogP) is 14.7. The summed E-state index contributed by atoms with van der Waals surface area (Å²) in [5.41, 5.74) is 4.97. The number of amides is 4. The van der Waals surface area contributed by atoms with Gasteiger partial charge in [0.2, 0.25) is 18.7 Å². The molecule has 5 aromatic carbocycles. The summed E-state index contributed by atoms with van der Waals surface area (Å²) in [4.78, 5) is 177. The van der Waals surface area contributed by atoms with Gasteiger partial charge in [0.15, 0.2) is 27.7 Å². The van der Waals surface area contributed by atoms with E-state index in [4.69, 9.17) is 49.9 Å². The minimum atomic E-state index is -1.17. The van der Waals surface area contributed by atoms with Gasteiger partial charge in [-0.3, -0.25) is 82.0 Å². The topological polar surface area (TPSA) is 465 Å². The molecule has 0 aliphatic heterocycles. The molecule has 5 rings (SSSR count). The molecule has 0 spiro atoms. The number of carboxylic acid groups (broad SMARTS) is 6. The molecule has 4 amide bonds. The lowest BCUT2D eigenvalue weighted by molar-refractivity contribution is -0.184. The summed E-state index contributed by atoms with van der Waals surface area (Å²) < 4.78 is 10.0. The first-order valence-electron chi connectivity index (χ1n) is 39.8. The van der Waals surface area contributed by atoms with Crippen LogP contribution in [0.3, 0.4) is 0 Å². The molecule has 5 aromatic rings. The molecule has 0 aliphatic rings. The number of nitrogens with zero attached hydrogens (tertiary/aromatic N) is 2. The molecule has 0 saturated heterocycles. The predicted molar refractivity (Wildman–Crippen MR) is 471 cm³/mol. The Morgan fingerprint density at radius 1 is 0.431 bits per heavy atom. The summed E-state index contributed by atoms with van der Waals surface area (Å²) in [5.74, 6) is -8.83. The number of aliphatic carboxylic acids is 6. The fraction of sp³-hybridized carbons (Fsp3) is 0.500. The second kappa shape index (κ2) is 64.5. The molecule has 123 heavy (non-hydrogen) atoms. The largest absolute Gasteiger partial charge is 0.481 e. The molecule has 0 heterocycles. The number of hydrogen-bond acceptors (Lipinski definition) is 23. The fourth-order valence-corrected chi connectivity index (χ4v) is 12.8. The van der Waals surface area contributed by atoms with Gasteiger partial charge in [-0.2, -0.15) is 0 Å². The number of Topliss-reactive ketones (excluding diaryl/α,β-unsaturated/α-hetero) is 1. The Bertz CT molecular complexity index is 3940. The van der Waals surface area contributed by atoms with E-state index in [1.54, 1.807) is 47.0 Å². The smallest absolute Gasteiger partial charge is 0.407 e. The standard InChI is InChI=1S/C18H19NO4.C15H22N2O4.C15H21NO4.C13H22O5.C12H14O3S.C9H16O3S.C8H14O3S/c20-14-19(23-13-16-9-5-2-6-10-16)12-17(18(21)22)11-15-7-3-1-4-8-15;1-15(2,3)21-14(19)16-12(10-13(18)17-20)9-11-7-5-4-6-8-11;1-12(2)8-14(15(18)19)9-16(11-17)20-10-13-6-4-3-5-7-13;1-8(2)6-9(11(15)16)10(14)7-18-12(17)13(3,4)5;1-9(13)16-8-11(12(14)15)7-10-5-3-2-4-6-10;1-6(2)4-8(9(11)12)5-13-7(3)10;1-5(2)4-7(8(10)11)12-6(3)9/h1-10,14,17H,11-13H2,(H,21,22);4-8,12,20H,9-10H2,1-3H3,(H,16,19)(H,17,18);3-7,11-12,14H,8-10H2,1-2H3,(H,18,19);8-9H,6-7H2,1-5H3,(H,15,16);2-6,11H,7-8H2,1H3,(H,14,15);6,8H,4-5H2,1-3H3,(H,11,12);5,7H,4H2,1-3H3,(H,10,11). The Morgan fingerprint density at radius 3 is 1.10 bits per heavy atom. The van der Waals surface area contributed by atoms with Gasteiger partial charge in [0.25, 0.3) is 0 Å². The molecule has 0 radical (unpaired) electrons. The van der Waals surface area contributed by atoms with Crippen LogP contribution >= 0.6 is 35.3 Å². The van der Waals surface area contributed by atoms with E-state index in [0.717, 1.165) is 73.2 Å². The minimum absolute atomic E-state index is 0.000557. The molecule has 682 valence electrons. The molecular weight excluding hydrogens is 1650 g/mol. The van der Waals surface area contributed by atoms with Crippen molar-refractivity contribution < 1.29 is 127 Å². The average molecular weight is 1780 g/mol. The van der Waals surface area contributed by atoms with Crippen molar-refractivity contribution in [3.05, 3.63) is 179 Å². The summed E-state index contributed by atoms with van der Waals surface area (Å²) in [6.45, 7) is 30.1. The van der Waals surface area contributed by atoms with Gasteiger partial charge in [0, 0.05) is 44.7 Å². The van der Waals surface area contributed by atoms with Crippen LogP contribution in [0.4, 0.5) is 4.79 Å². The van der Waals surface area contributed by atoms with Gasteiger partial charge >= 0.3 is 47.9 Å². The highest BCUT2D eigenvalue weighted by Gasteiger charge is 2.31. The van der Waals surface area contributed by atoms with Gasteiger partial charge in [0.1, 0.15) is 30.0 Å². The van der Waals surface area contributed by atoms with E-state index < -0.39 is 118 Å². The number of carbonyl (C=O) groups is 15. The zero-order chi connectivity index (χ0) is 94.0. The highest BCUT2D eigenvalue weighted by molar-refractivity contribution is 8.14. The highest BCUT2D eigenvalue weighted by Crippen LogP contribution is 2.24. The number of alkyl carbamates (subject to hydrolysis) is 1. The molecule has 0 saturated carbocycles. The van der Waals surface area contributed by atoms with Crippen molar-refractivity contribution in [1.29, 1.82) is 0 Å². The number of rotatable bonds is 43. The second-order valence-corrected chi connectivity index (χ2v) is 35.7. The van der Waals surface area contributed by atoms with Crippen LogP contribution in [0.5, 0.6) is 0 Å². The van der Waals surface area contributed by atoms with Crippen molar-refractivity contribution in [2.24, 2.45) is 58.7 Å². The molecule has 30 nitrogen and oxygen atoms in total. The Balaban J connectivity index is 0. The molecule has 0 aliphatic carbocycles. The number of ether oxygens (including phenoxy) is 2. The van der Waals surface area contributed by atoms with Crippen LogP contribution in [0.15, 0.2) is 152 Å². The number of hydroxylamine groups is 5. The van der Waals surface area contributed by atoms with Gasteiger partial charge in [-0.25, -0.2) is 20.4 Å². The van der Waals surface area contributed by atoms with Crippen LogP contribution < -0.4 is 10.8 Å². The second-order valence-electron chi connectivity index (χ2n) is 32.0. The first kappa shape index (κ1) is 115. The van der Waals surface area contributed by atoms with E-state index in [2.05, 4.69) is 5.32 Å². The SMILES string of the molecule is CC(=O)SC(CC(C)C)C(=O)O.CC(=O)SCC(CC(C)C)C(=O)O.CC(=O)SCC(Cc1ccccc1)C(=O)O.CC(C)(C)OC(=O)NC(CC(=O)NO)Cc1ccccc1.CC(C)CC(C(=O)O)C(=O)COC(=O)C(C)(C)C.CC(C)CC(CN(C=O)OCc1ccccc1)C(=O)O.O=CN(CC(Cc1ccccc1)C(=O)O)OCc1ccccc1. The van der Waals surface area contributed by atoms with Crippen LogP contribution in [-0.4, -0.2) is 182 Å². The van der Waals surface area contributed by atoms with E-state index in [9.17, 15) is 77.0 Å². The molecule has 9 N–H and O–H groups in total. The van der Waals surface area contributed by atoms with E-state index in [0.29, 0.717) is 74.7 Å². The van der Waals surface area contributed by atoms with Crippen molar-refractivity contribution in [2.75, 3.05) is 31.2 Å². The Labute approximate surface area is 735 Å². The van der Waals surface area contributed by atoms with Crippen LogP contribution in [-0.2, 0) is 119 Å². The van der Waals surface area contributed by atoms with Crippen LogP contribution in [0.25, 0.3) is 0 Å². The number of benzene rings is 5.